The van der Waals surface area contributed by atoms with E-state index in [0.29, 0.717) is 11.1 Å². The molecule has 0 radical (unpaired) electrons. The van der Waals surface area contributed by atoms with Crippen LogP contribution < -0.4 is 0 Å². The van der Waals surface area contributed by atoms with E-state index in [1.54, 1.807) is 11.3 Å². The van der Waals surface area contributed by atoms with E-state index in [1.807, 2.05) is 30.3 Å². The van der Waals surface area contributed by atoms with Crippen LogP contribution in [0.15, 0.2) is 48.5 Å². The normalized spacial score (nSPS) is 10.7. The lowest BCUT2D eigenvalue weighted by Crippen LogP contribution is -1.86. The number of thiophene rings is 1. The molecule has 0 amide bonds. The van der Waals surface area contributed by atoms with Crippen molar-refractivity contribution in [3.63, 3.8) is 0 Å². The second kappa shape index (κ2) is 4.35. The first-order valence-corrected chi connectivity index (χ1v) is 6.33. The van der Waals surface area contributed by atoms with Crippen molar-refractivity contribution in [3.8, 4) is 10.4 Å². The van der Waals surface area contributed by atoms with E-state index in [2.05, 4.69) is 0 Å². The maximum absolute atomic E-state index is 13.3. The van der Waals surface area contributed by atoms with E-state index >= 15 is 0 Å². The molecular weight excluding hydrogens is 247 g/mol. The highest BCUT2D eigenvalue weighted by molar-refractivity contribution is 7.22. The Kier molecular flexibility index (Phi) is 2.68. The smallest absolute Gasteiger partial charge is 0.150 e. The minimum atomic E-state index is -0.326. The molecule has 2 aromatic carbocycles. The lowest BCUT2D eigenvalue weighted by atomic mass is 10.1. The summed E-state index contributed by atoms with van der Waals surface area (Å²) in [7, 11) is 0. The molecule has 0 aliphatic rings. The lowest BCUT2D eigenvalue weighted by molar-refractivity contribution is 0.112. The largest absolute Gasteiger partial charge is 0.298 e. The Labute approximate surface area is 108 Å². The molecule has 3 rings (SSSR count). The van der Waals surface area contributed by atoms with Gasteiger partial charge in [0.25, 0.3) is 0 Å². The van der Waals surface area contributed by atoms with Crippen LogP contribution >= 0.6 is 11.3 Å². The van der Waals surface area contributed by atoms with Gasteiger partial charge < -0.3 is 0 Å². The van der Waals surface area contributed by atoms with Gasteiger partial charge in [0.05, 0.1) is 0 Å². The molecule has 0 saturated heterocycles. The van der Waals surface area contributed by atoms with Crippen molar-refractivity contribution in [3.05, 3.63) is 59.9 Å². The lowest BCUT2D eigenvalue weighted by Gasteiger charge is -2.01. The Morgan fingerprint density at radius 1 is 1.06 bits per heavy atom. The molecule has 0 aliphatic carbocycles. The summed E-state index contributed by atoms with van der Waals surface area (Å²) in [4.78, 5) is 11.9. The molecule has 3 heteroatoms. The number of benzene rings is 2. The third kappa shape index (κ3) is 1.83. The highest BCUT2D eigenvalue weighted by Gasteiger charge is 2.09. The summed E-state index contributed by atoms with van der Waals surface area (Å²) in [5.74, 6) is -0.326. The van der Waals surface area contributed by atoms with Gasteiger partial charge in [0.15, 0.2) is 6.29 Å². The summed E-state index contributed by atoms with van der Waals surface area (Å²) in [6.45, 7) is 0. The number of hydrogen-bond acceptors (Lipinski definition) is 2. The van der Waals surface area contributed by atoms with E-state index in [1.165, 1.54) is 18.2 Å². The summed E-state index contributed by atoms with van der Waals surface area (Å²) in [5.41, 5.74) is 1.18. The monoisotopic (exact) mass is 256 g/mol. The first kappa shape index (κ1) is 11.1. The highest BCUT2D eigenvalue weighted by Crippen LogP contribution is 2.35. The molecule has 0 unspecified atom stereocenters. The number of fused-ring (bicyclic) bond motifs is 1. The van der Waals surface area contributed by atoms with E-state index in [9.17, 15) is 9.18 Å². The predicted octanol–water partition coefficient (Wildman–Crippen LogP) is 4.52. The molecule has 0 spiro atoms. The first-order valence-electron chi connectivity index (χ1n) is 5.51. The van der Waals surface area contributed by atoms with Crippen LogP contribution in [0.3, 0.4) is 0 Å². The summed E-state index contributed by atoms with van der Waals surface area (Å²) in [5, 5.41) is 1.11. The number of carbonyl (C=O) groups is 1. The molecule has 18 heavy (non-hydrogen) atoms. The average molecular weight is 256 g/mol. The topological polar surface area (TPSA) is 17.1 Å². The van der Waals surface area contributed by atoms with Gasteiger partial charge in [0.1, 0.15) is 5.82 Å². The summed E-state index contributed by atoms with van der Waals surface area (Å²) in [6, 6.07) is 14.2. The predicted molar refractivity (Wildman–Crippen MR) is 72.6 cm³/mol. The zero-order valence-corrected chi connectivity index (χ0v) is 10.2. The number of aldehydes is 1. The molecule has 0 fully saturated rings. The zero-order chi connectivity index (χ0) is 12.5. The van der Waals surface area contributed by atoms with Crippen LogP contribution in [0.1, 0.15) is 10.4 Å². The average Bonchev–Trinajstić information content (AvgIpc) is 2.82. The van der Waals surface area contributed by atoms with Crippen LogP contribution in [-0.2, 0) is 0 Å². The maximum atomic E-state index is 13.3. The van der Waals surface area contributed by atoms with Gasteiger partial charge in [-0.15, -0.1) is 11.3 Å². The van der Waals surface area contributed by atoms with Crippen molar-refractivity contribution in [1.82, 2.24) is 0 Å². The van der Waals surface area contributed by atoms with Crippen molar-refractivity contribution < 1.29 is 9.18 Å². The Bertz CT molecular complexity index is 697. The molecule has 0 atom stereocenters. The van der Waals surface area contributed by atoms with Gasteiger partial charge in [0.2, 0.25) is 0 Å². The molecule has 1 aromatic heterocycles. The zero-order valence-electron chi connectivity index (χ0n) is 9.39. The van der Waals surface area contributed by atoms with Crippen LogP contribution in [0.2, 0.25) is 0 Å². The van der Waals surface area contributed by atoms with Crippen LogP contribution in [0.5, 0.6) is 0 Å². The SMILES string of the molecule is O=Cc1ccc(F)cc1-c1cc2ccccc2s1. The van der Waals surface area contributed by atoms with Gasteiger partial charge in [-0.2, -0.15) is 0 Å². The van der Waals surface area contributed by atoms with Crippen molar-refractivity contribution in [2.75, 3.05) is 0 Å². The second-order valence-corrected chi connectivity index (χ2v) is 5.08. The van der Waals surface area contributed by atoms with Crippen molar-refractivity contribution in [2.45, 2.75) is 0 Å². The maximum Gasteiger partial charge on any atom is 0.150 e. The molecule has 0 aliphatic heterocycles. The molecule has 0 bridgehead atoms. The number of hydrogen-bond donors (Lipinski definition) is 0. The van der Waals surface area contributed by atoms with Gasteiger partial charge in [-0.3, -0.25) is 4.79 Å². The Morgan fingerprint density at radius 3 is 2.67 bits per heavy atom. The van der Waals surface area contributed by atoms with Crippen LogP contribution in [0.4, 0.5) is 4.39 Å². The van der Waals surface area contributed by atoms with Gasteiger partial charge in [-0.05, 0) is 35.7 Å². The molecular formula is C15H9FOS. The van der Waals surface area contributed by atoms with Crippen molar-refractivity contribution >= 4 is 27.7 Å². The van der Waals surface area contributed by atoms with E-state index < -0.39 is 0 Å². The van der Waals surface area contributed by atoms with Crippen molar-refractivity contribution in [1.29, 1.82) is 0 Å². The molecule has 1 nitrogen and oxygen atoms in total. The van der Waals surface area contributed by atoms with Crippen LogP contribution in [0, 0.1) is 5.82 Å². The number of carbonyl (C=O) groups excluding carboxylic acids is 1. The fourth-order valence-corrected chi connectivity index (χ4v) is 3.06. The minimum Gasteiger partial charge on any atom is -0.298 e. The fourth-order valence-electron chi connectivity index (χ4n) is 1.96. The van der Waals surface area contributed by atoms with Crippen LogP contribution in [0.25, 0.3) is 20.5 Å². The summed E-state index contributed by atoms with van der Waals surface area (Å²) < 4.78 is 14.4. The summed E-state index contributed by atoms with van der Waals surface area (Å²) >= 11 is 1.56. The Hall–Kier alpha value is -2.00. The summed E-state index contributed by atoms with van der Waals surface area (Å²) in [6.07, 6.45) is 0.763. The van der Waals surface area contributed by atoms with E-state index in [0.717, 1.165) is 21.2 Å². The standard InChI is InChI=1S/C15H9FOS/c16-12-6-5-11(9-17)13(8-12)15-7-10-3-1-2-4-14(10)18-15/h1-9H. The Morgan fingerprint density at radius 2 is 1.89 bits per heavy atom. The van der Waals surface area contributed by atoms with Gasteiger partial charge in [-0.1, -0.05) is 18.2 Å². The van der Waals surface area contributed by atoms with E-state index in [-0.39, 0.29) is 5.82 Å². The Balaban J connectivity index is 2.25. The third-order valence-electron chi connectivity index (χ3n) is 2.83. The fraction of sp³-hybridized carbons (Fsp3) is 0. The van der Waals surface area contributed by atoms with Crippen LogP contribution in [-0.4, -0.2) is 6.29 Å². The van der Waals surface area contributed by atoms with E-state index in [4.69, 9.17) is 0 Å². The minimum absolute atomic E-state index is 0.326. The van der Waals surface area contributed by atoms with Gasteiger partial charge in [0, 0.05) is 20.7 Å². The highest BCUT2D eigenvalue weighted by atomic mass is 32.1. The molecule has 1 heterocycles. The molecule has 0 N–H and O–H groups in total. The molecule has 3 aromatic rings. The van der Waals surface area contributed by atoms with Gasteiger partial charge in [-0.25, -0.2) is 4.39 Å². The number of halogens is 1. The second-order valence-electron chi connectivity index (χ2n) is 4.00. The molecule has 0 saturated carbocycles. The quantitative estimate of drug-likeness (QED) is 0.616. The first-order chi connectivity index (χ1) is 8.78. The third-order valence-corrected chi connectivity index (χ3v) is 3.98. The molecule has 88 valence electrons. The van der Waals surface area contributed by atoms with Gasteiger partial charge >= 0.3 is 0 Å². The number of rotatable bonds is 2. The van der Waals surface area contributed by atoms with Crippen molar-refractivity contribution in [2.24, 2.45) is 0 Å².